The van der Waals surface area contributed by atoms with Crippen LogP contribution in [-0.4, -0.2) is 24.7 Å². The molecular weight excluding hydrogens is 369 g/mol. The highest BCUT2D eigenvalue weighted by Gasteiger charge is 2.33. The second-order valence-electron chi connectivity index (χ2n) is 7.16. The molecule has 4 rings (SSSR count). The average molecular weight is 391 g/mol. The van der Waals surface area contributed by atoms with E-state index in [9.17, 15) is 9.18 Å². The molecule has 148 valence electrons. The monoisotopic (exact) mass is 391 g/mol. The molecule has 1 amide bonds. The fraction of sp³-hybridized carbons (Fsp3) is 0.217. The molecule has 2 heterocycles. The van der Waals surface area contributed by atoms with E-state index in [1.54, 1.807) is 24.1 Å². The molecule has 2 aromatic carbocycles. The first kappa shape index (κ1) is 18.9. The summed E-state index contributed by atoms with van der Waals surface area (Å²) >= 11 is 0. The second-order valence-corrected chi connectivity index (χ2v) is 7.16. The molecule has 0 aliphatic carbocycles. The van der Waals surface area contributed by atoms with Crippen molar-refractivity contribution in [3.05, 3.63) is 76.7 Å². The van der Waals surface area contributed by atoms with E-state index in [2.05, 4.69) is 9.88 Å². The maximum atomic E-state index is 13.7. The fourth-order valence-electron chi connectivity index (χ4n) is 3.85. The first-order chi connectivity index (χ1) is 13.9. The van der Waals surface area contributed by atoms with Crippen LogP contribution in [0.5, 0.6) is 5.88 Å². The Balaban J connectivity index is 1.88. The molecular formula is C23H22FN3O2. The van der Waals surface area contributed by atoms with Crippen molar-refractivity contribution in [2.75, 3.05) is 23.6 Å². The summed E-state index contributed by atoms with van der Waals surface area (Å²) in [4.78, 5) is 21.6. The third-order valence-electron chi connectivity index (χ3n) is 5.25. The van der Waals surface area contributed by atoms with Crippen molar-refractivity contribution in [1.82, 2.24) is 4.98 Å². The standard InChI is InChI=1S/C23H22FN3O2/c1-14-6-5-7-18-22(14)26(19-9-8-17(24)12-15(19)2)13-27(23(18)28)20-10-11-21(29-4)25-16(20)3/h5-12H,13H2,1-4H3. The van der Waals surface area contributed by atoms with E-state index in [4.69, 9.17) is 4.74 Å². The van der Waals surface area contributed by atoms with Gasteiger partial charge in [-0.15, -0.1) is 0 Å². The Morgan fingerprint density at radius 2 is 1.72 bits per heavy atom. The van der Waals surface area contributed by atoms with E-state index >= 15 is 0 Å². The van der Waals surface area contributed by atoms with Crippen molar-refractivity contribution in [1.29, 1.82) is 0 Å². The molecule has 1 aromatic heterocycles. The van der Waals surface area contributed by atoms with E-state index in [0.717, 1.165) is 22.5 Å². The predicted octanol–water partition coefficient (Wildman–Crippen LogP) is 4.91. The predicted molar refractivity (Wildman–Crippen MR) is 112 cm³/mol. The van der Waals surface area contributed by atoms with Crippen LogP contribution in [0.3, 0.4) is 0 Å². The third kappa shape index (κ3) is 3.20. The average Bonchev–Trinajstić information content (AvgIpc) is 2.69. The van der Waals surface area contributed by atoms with Gasteiger partial charge in [0.25, 0.3) is 5.91 Å². The van der Waals surface area contributed by atoms with Gasteiger partial charge in [0.05, 0.1) is 29.7 Å². The summed E-state index contributed by atoms with van der Waals surface area (Å²) < 4.78 is 18.9. The second kappa shape index (κ2) is 7.20. The van der Waals surface area contributed by atoms with Crippen molar-refractivity contribution < 1.29 is 13.9 Å². The third-order valence-corrected chi connectivity index (χ3v) is 5.25. The Morgan fingerprint density at radius 1 is 0.966 bits per heavy atom. The molecule has 5 nitrogen and oxygen atoms in total. The van der Waals surface area contributed by atoms with Crippen molar-refractivity contribution in [3.8, 4) is 5.88 Å². The molecule has 3 aromatic rings. The van der Waals surface area contributed by atoms with E-state index in [1.807, 2.05) is 45.0 Å². The first-order valence-corrected chi connectivity index (χ1v) is 9.37. The van der Waals surface area contributed by atoms with Crippen LogP contribution in [0.25, 0.3) is 0 Å². The number of anilines is 3. The molecule has 0 unspecified atom stereocenters. The summed E-state index contributed by atoms with van der Waals surface area (Å²) in [5.74, 6) is 0.129. The van der Waals surface area contributed by atoms with Gasteiger partial charge in [0.1, 0.15) is 12.5 Å². The number of halogens is 1. The number of para-hydroxylation sites is 1. The lowest BCUT2D eigenvalue weighted by Crippen LogP contribution is -2.45. The van der Waals surface area contributed by atoms with Crippen LogP contribution in [0.15, 0.2) is 48.5 Å². The van der Waals surface area contributed by atoms with Crippen LogP contribution in [-0.2, 0) is 0 Å². The number of rotatable bonds is 3. The number of benzene rings is 2. The SMILES string of the molecule is COc1ccc(N2CN(c3ccc(F)cc3C)c3c(C)cccc3C2=O)c(C)n1. The molecule has 6 heteroatoms. The van der Waals surface area contributed by atoms with Crippen LogP contribution < -0.4 is 14.5 Å². The lowest BCUT2D eigenvalue weighted by molar-refractivity contribution is 0.0983. The first-order valence-electron chi connectivity index (χ1n) is 9.37. The zero-order chi connectivity index (χ0) is 20.7. The summed E-state index contributed by atoms with van der Waals surface area (Å²) in [5.41, 5.74) is 5.52. The fourth-order valence-corrected chi connectivity index (χ4v) is 3.85. The van der Waals surface area contributed by atoms with Crippen molar-refractivity contribution >= 4 is 23.0 Å². The van der Waals surface area contributed by atoms with Gasteiger partial charge in [-0.05, 0) is 62.2 Å². The minimum Gasteiger partial charge on any atom is -0.481 e. The Labute approximate surface area is 169 Å². The number of aromatic nitrogens is 1. The van der Waals surface area contributed by atoms with Crippen LogP contribution in [0.1, 0.15) is 27.2 Å². The number of fused-ring (bicyclic) bond motifs is 1. The molecule has 0 bridgehead atoms. The normalized spacial score (nSPS) is 13.5. The summed E-state index contributed by atoms with van der Waals surface area (Å²) in [6, 6.07) is 14.0. The smallest absolute Gasteiger partial charge is 0.261 e. The van der Waals surface area contributed by atoms with Crippen LogP contribution >= 0.6 is 0 Å². The van der Waals surface area contributed by atoms with Gasteiger partial charge in [-0.25, -0.2) is 9.37 Å². The van der Waals surface area contributed by atoms with E-state index in [1.165, 1.54) is 12.1 Å². The highest BCUT2D eigenvalue weighted by molar-refractivity contribution is 6.13. The Morgan fingerprint density at radius 3 is 2.41 bits per heavy atom. The molecule has 0 radical (unpaired) electrons. The number of methoxy groups -OCH3 is 1. The molecule has 0 fully saturated rings. The number of carbonyl (C=O) groups excluding carboxylic acids is 1. The Kier molecular flexibility index (Phi) is 4.70. The van der Waals surface area contributed by atoms with Crippen molar-refractivity contribution in [2.24, 2.45) is 0 Å². The van der Waals surface area contributed by atoms with Gasteiger partial charge in [-0.1, -0.05) is 12.1 Å². The van der Waals surface area contributed by atoms with Gasteiger partial charge in [-0.3, -0.25) is 9.69 Å². The quantitative estimate of drug-likeness (QED) is 0.636. The molecule has 0 spiro atoms. The molecule has 0 saturated heterocycles. The minimum atomic E-state index is -0.281. The number of pyridine rings is 1. The van der Waals surface area contributed by atoms with Gasteiger partial charge >= 0.3 is 0 Å². The summed E-state index contributed by atoms with van der Waals surface area (Å²) in [7, 11) is 1.56. The number of carbonyl (C=O) groups is 1. The van der Waals surface area contributed by atoms with Crippen molar-refractivity contribution in [3.63, 3.8) is 0 Å². The summed E-state index contributed by atoms with van der Waals surface area (Å²) in [6.45, 7) is 6.01. The number of amides is 1. The molecule has 1 aliphatic heterocycles. The molecule has 29 heavy (non-hydrogen) atoms. The number of hydrogen-bond acceptors (Lipinski definition) is 4. The lowest BCUT2D eigenvalue weighted by atomic mass is 10.0. The zero-order valence-electron chi connectivity index (χ0n) is 16.9. The summed E-state index contributed by atoms with van der Waals surface area (Å²) in [6.07, 6.45) is 0. The highest BCUT2D eigenvalue weighted by atomic mass is 19.1. The van der Waals surface area contributed by atoms with E-state index in [0.29, 0.717) is 29.5 Å². The molecule has 0 saturated carbocycles. The summed E-state index contributed by atoms with van der Waals surface area (Å²) in [5, 5.41) is 0. The Bertz CT molecular complexity index is 1110. The zero-order valence-corrected chi connectivity index (χ0v) is 16.9. The van der Waals surface area contributed by atoms with Gasteiger partial charge < -0.3 is 9.64 Å². The van der Waals surface area contributed by atoms with Crippen LogP contribution in [0.2, 0.25) is 0 Å². The molecule has 0 atom stereocenters. The molecule has 1 aliphatic rings. The van der Waals surface area contributed by atoms with E-state index < -0.39 is 0 Å². The maximum absolute atomic E-state index is 13.7. The lowest BCUT2D eigenvalue weighted by Gasteiger charge is -2.40. The number of nitrogens with zero attached hydrogens (tertiary/aromatic N) is 3. The minimum absolute atomic E-state index is 0.0882. The van der Waals surface area contributed by atoms with Crippen LogP contribution in [0, 0.1) is 26.6 Å². The van der Waals surface area contributed by atoms with Crippen LogP contribution in [0.4, 0.5) is 21.5 Å². The maximum Gasteiger partial charge on any atom is 0.261 e. The largest absolute Gasteiger partial charge is 0.481 e. The van der Waals surface area contributed by atoms with Gasteiger partial charge in [0, 0.05) is 11.8 Å². The van der Waals surface area contributed by atoms with Gasteiger partial charge in [-0.2, -0.15) is 0 Å². The number of hydrogen-bond donors (Lipinski definition) is 0. The number of aryl methyl sites for hydroxylation is 3. The number of ether oxygens (including phenoxy) is 1. The Hall–Kier alpha value is -3.41. The van der Waals surface area contributed by atoms with Gasteiger partial charge in [0.2, 0.25) is 5.88 Å². The topological polar surface area (TPSA) is 45.7 Å². The van der Waals surface area contributed by atoms with Crippen molar-refractivity contribution in [2.45, 2.75) is 20.8 Å². The molecule has 0 N–H and O–H groups in total. The highest BCUT2D eigenvalue weighted by Crippen LogP contribution is 2.39. The van der Waals surface area contributed by atoms with Gasteiger partial charge in [0.15, 0.2) is 0 Å². The van der Waals surface area contributed by atoms with E-state index in [-0.39, 0.29) is 11.7 Å².